The average Bonchev–Trinajstić information content (AvgIpc) is 2.36. The molecule has 2 N–H and O–H groups in total. The molecule has 0 spiro atoms. The molecule has 0 aliphatic carbocycles. The van der Waals surface area contributed by atoms with Crippen LogP contribution in [0.4, 0.5) is 5.69 Å². The zero-order valence-electron chi connectivity index (χ0n) is 11.5. The van der Waals surface area contributed by atoms with Gasteiger partial charge < -0.3 is 10.1 Å². The van der Waals surface area contributed by atoms with Gasteiger partial charge in [0.25, 0.3) is 10.1 Å². The van der Waals surface area contributed by atoms with Crippen LogP contribution in [0, 0.1) is 6.92 Å². The quantitative estimate of drug-likeness (QED) is 0.587. The van der Waals surface area contributed by atoms with Crippen LogP contribution in [0.2, 0.25) is 0 Å². The fourth-order valence-electron chi connectivity index (χ4n) is 1.53. The number of anilines is 1. The van der Waals surface area contributed by atoms with Gasteiger partial charge in [-0.25, -0.2) is 4.79 Å². The molecule has 0 fully saturated rings. The molecule has 0 aliphatic heterocycles. The number of ether oxygens (including phenoxy) is 1. The van der Waals surface area contributed by atoms with Crippen molar-refractivity contribution in [2.24, 2.45) is 0 Å². The number of carbonyl (C=O) groups excluding carboxylic acids is 1. The van der Waals surface area contributed by atoms with Gasteiger partial charge in [0.15, 0.2) is 0 Å². The Bertz CT molecular complexity index is 538. The Morgan fingerprint density at radius 2 is 1.95 bits per heavy atom. The molecule has 0 aromatic heterocycles. The molecular formula is C13H19NO5S. The van der Waals surface area contributed by atoms with Gasteiger partial charge in [-0.1, -0.05) is 24.6 Å². The molecule has 1 aromatic rings. The van der Waals surface area contributed by atoms with Crippen LogP contribution in [0.15, 0.2) is 24.3 Å². The minimum absolute atomic E-state index is 0.205. The summed E-state index contributed by atoms with van der Waals surface area (Å²) in [6.07, 6.45) is 0.634. The van der Waals surface area contributed by atoms with E-state index in [9.17, 15) is 13.2 Å². The summed E-state index contributed by atoms with van der Waals surface area (Å²) in [5.41, 5.74) is 1.62. The first kappa shape index (κ1) is 16.5. The van der Waals surface area contributed by atoms with Gasteiger partial charge in [0.2, 0.25) is 0 Å². The average molecular weight is 301 g/mol. The molecule has 0 amide bonds. The van der Waals surface area contributed by atoms with Crippen molar-refractivity contribution in [3.05, 3.63) is 29.8 Å². The summed E-state index contributed by atoms with van der Waals surface area (Å²) in [6.45, 7) is 3.95. The number of hydrogen-bond acceptors (Lipinski definition) is 5. The number of esters is 1. The van der Waals surface area contributed by atoms with Crippen molar-refractivity contribution in [1.29, 1.82) is 0 Å². The van der Waals surface area contributed by atoms with Crippen LogP contribution in [0.5, 0.6) is 0 Å². The molecule has 0 saturated heterocycles. The third kappa shape index (κ3) is 6.03. The van der Waals surface area contributed by atoms with Crippen molar-refractivity contribution in [2.75, 3.05) is 17.7 Å². The Morgan fingerprint density at radius 3 is 2.45 bits per heavy atom. The van der Waals surface area contributed by atoms with Crippen LogP contribution in [0.3, 0.4) is 0 Å². The van der Waals surface area contributed by atoms with E-state index in [1.807, 2.05) is 26.0 Å². The van der Waals surface area contributed by atoms with E-state index in [0.29, 0.717) is 12.1 Å². The highest BCUT2D eigenvalue weighted by molar-refractivity contribution is 7.85. The SMILES string of the molecule is CCCOC(=O)[C@H](CS(=O)(=O)O)Nc1ccc(C)cc1. The van der Waals surface area contributed by atoms with Crippen LogP contribution in [0.25, 0.3) is 0 Å². The van der Waals surface area contributed by atoms with Crippen molar-refractivity contribution in [3.8, 4) is 0 Å². The maximum atomic E-state index is 11.8. The van der Waals surface area contributed by atoms with E-state index in [1.165, 1.54) is 0 Å². The molecule has 1 atom stereocenters. The highest BCUT2D eigenvalue weighted by Gasteiger charge is 2.25. The molecule has 1 rings (SSSR count). The van der Waals surface area contributed by atoms with Gasteiger partial charge in [0.1, 0.15) is 11.8 Å². The van der Waals surface area contributed by atoms with Crippen molar-refractivity contribution in [3.63, 3.8) is 0 Å². The standard InChI is InChI=1S/C13H19NO5S/c1-3-8-19-13(15)12(9-20(16,17)18)14-11-6-4-10(2)5-7-11/h4-7,12,14H,3,8-9H2,1-2H3,(H,16,17,18)/t12-/m0/s1. The van der Waals surface area contributed by atoms with Crippen molar-refractivity contribution in [1.82, 2.24) is 0 Å². The number of nitrogens with one attached hydrogen (secondary N) is 1. The lowest BCUT2D eigenvalue weighted by Crippen LogP contribution is -2.37. The monoisotopic (exact) mass is 301 g/mol. The van der Waals surface area contributed by atoms with Crippen LogP contribution in [-0.4, -0.2) is 37.3 Å². The Labute approximate surface area is 118 Å². The highest BCUT2D eigenvalue weighted by atomic mass is 32.2. The van der Waals surface area contributed by atoms with E-state index in [0.717, 1.165) is 5.56 Å². The summed E-state index contributed by atoms with van der Waals surface area (Å²) in [7, 11) is -4.28. The first-order valence-electron chi connectivity index (χ1n) is 6.27. The molecule has 7 heteroatoms. The van der Waals surface area contributed by atoms with Gasteiger partial charge >= 0.3 is 5.97 Å². The first-order chi connectivity index (χ1) is 9.31. The second-order valence-electron chi connectivity index (χ2n) is 4.48. The zero-order chi connectivity index (χ0) is 15.2. The van der Waals surface area contributed by atoms with E-state index < -0.39 is 27.9 Å². The van der Waals surface area contributed by atoms with Crippen molar-refractivity contribution in [2.45, 2.75) is 26.3 Å². The maximum absolute atomic E-state index is 11.8. The van der Waals surface area contributed by atoms with Gasteiger partial charge in [-0.3, -0.25) is 4.55 Å². The van der Waals surface area contributed by atoms with Crippen LogP contribution >= 0.6 is 0 Å². The van der Waals surface area contributed by atoms with Gasteiger partial charge in [-0.05, 0) is 25.5 Å². The van der Waals surface area contributed by atoms with Crippen LogP contribution < -0.4 is 5.32 Å². The normalized spacial score (nSPS) is 12.8. The smallest absolute Gasteiger partial charge is 0.329 e. The Kier molecular flexibility index (Phi) is 5.97. The Hall–Kier alpha value is -1.60. The molecule has 0 bridgehead atoms. The summed E-state index contributed by atoms with van der Waals surface area (Å²) >= 11 is 0. The molecule has 0 saturated carbocycles. The summed E-state index contributed by atoms with van der Waals surface area (Å²) in [5, 5.41) is 2.76. The number of rotatable bonds is 7. The van der Waals surface area contributed by atoms with Gasteiger partial charge in [0.05, 0.1) is 6.61 Å². The van der Waals surface area contributed by atoms with E-state index >= 15 is 0 Å². The first-order valence-corrected chi connectivity index (χ1v) is 7.87. The fraction of sp³-hybridized carbons (Fsp3) is 0.462. The molecule has 0 radical (unpaired) electrons. The summed E-state index contributed by atoms with van der Waals surface area (Å²) in [6, 6.07) is 5.95. The maximum Gasteiger partial charge on any atom is 0.329 e. The lowest BCUT2D eigenvalue weighted by molar-refractivity contribution is -0.144. The Morgan fingerprint density at radius 1 is 1.35 bits per heavy atom. The lowest BCUT2D eigenvalue weighted by Gasteiger charge is -2.17. The van der Waals surface area contributed by atoms with E-state index in [4.69, 9.17) is 9.29 Å². The number of aryl methyl sites for hydroxylation is 1. The molecular weight excluding hydrogens is 282 g/mol. The van der Waals surface area contributed by atoms with Crippen LogP contribution in [0.1, 0.15) is 18.9 Å². The fourth-order valence-corrected chi connectivity index (χ4v) is 2.17. The van der Waals surface area contributed by atoms with Gasteiger partial charge in [-0.2, -0.15) is 8.42 Å². The zero-order valence-corrected chi connectivity index (χ0v) is 12.3. The van der Waals surface area contributed by atoms with Gasteiger partial charge in [0, 0.05) is 5.69 Å². The lowest BCUT2D eigenvalue weighted by atomic mass is 10.2. The summed E-state index contributed by atoms with van der Waals surface area (Å²) in [4.78, 5) is 11.8. The van der Waals surface area contributed by atoms with E-state index in [-0.39, 0.29) is 6.61 Å². The van der Waals surface area contributed by atoms with Crippen molar-refractivity contribution >= 4 is 21.8 Å². The predicted molar refractivity (Wildman–Crippen MR) is 76.3 cm³/mol. The molecule has 0 unspecified atom stereocenters. The largest absolute Gasteiger partial charge is 0.464 e. The molecule has 1 aromatic carbocycles. The number of hydrogen-bond donors (Lipinski definition) is 2. The number of benzene rings is 1. The predicted octanol–water partition coefficient (Wildman–Crippen LogP) is 1.62. The second kappa shape index (κ2) is 7.25. The minimum atomic E-state index is -4.28. The van der Waals surface area contributed by atoms with E-state index in [1.54, 1.807) is 12.1 Å². The number of carbonyl (C=O) groups is 1. The molecule has 0 heterocycles. The molecule has 0 aliphatic rings. The third-order valence-corrected chi connectivity index (χ3v) is 3.26. The molecule has 6 nitrogen and oxygen atoms in total. The second-order valence-corrected chi connectivity index (χ2v) is 5.98. The summed E-state index contributed by atoms with van der Waals surface area (Å²) < 4.78 is 35.8. The third-order valence-electron chi connectivity index (χ3n) is 2.50. The Balaban J connectivity index is 2.81. The topological polar surface area (TPSA) is 92.7 Å². The van der Waals surface area contributed by atoms with Gasteiger partial charge in [-0.15, -0.1) is 0 Å². The summed E-state index contributed by atoms with van der Waals surface area (Å²) in [5.74, 6) is -1.44. The molecule has 112 valence electrons. The van der Waals surface area contributed by atoms with Crippen LogP contribution in [-0.2, 0) is 19.6 Å². The highest BCUT2D eigenvalue weighted by Crippen LogP contribution is 2.11. The molecule has 20 heavy (non-hydrogen) atoms. The van der Waals surface area contributed by atoms with Crippen molar-refractivity contribution < 1.29 is 22.5 Å². The minimum Gasteiger partial charge on any atom is -0.464 e. The van der Waals surface area contributed by atoms with E-state index in [2.05, 4.69) is 5.32 Å².